The van der Waals surface area contributed by atoms with E-state index in [2.05, 4.69) is 11.0 Å². The van der Waals surface area contributed by atoms with Gasteiger partial charge in [-0.25, -0.2) is 0 Å². The molecule has 2 aliphatic rings. The smallest absolute Gasteiger partial charge is 0.222 e. The molecule has 4 nitrogen and oxygen atoms in total. The average Bonchev–Trinajstić information content (AvgIpc) is 2.25. The molecule has 0 aromatic heterocycles. The van der Waals surface area contributed by atoms with Crippen LogP contribution in [0.5, 0.6) is 0 Å². The monoisotopic (exact) mass is 221 g/mol. The van der Waals surface area contributed by atoms with Crippen molar-refractivity contribution in [3.63, 3.8) is 0 Å². The fraction of sp³-hybridized carbons (Fsp3) is 0.833. The minimum atomic E-state index is 0.321. The number of hydrogen-bond acceptors (Lipinski definition) is 3. The molecular formula is C12H19N3O. The van der Waals surface area contributed by atoms with Gasteiger partial charge in [-0.05, 0) is 18.8 Å². The molecule has 1 aliphatic heterocycles. The zero-order valence-electron chi connectivity index (χ0n) is 9.69. The van der Waals surface area contributed by atoms with Crippen molar-refractivity contribution in [2.45, 2.75) is 25.7 Å². The van der Waals surface area contributed by atoms with Crippen LogP contribution in [0.3, 0.4) is 0 Å². The summed E-state index contributed by atoms with van der Waals surface area (Å²) in [7, 11) is 0. The Labute approximate surface area is 96.8 Å². The Bertz CT molecular complexity index is 285. The zero-order chi connectivity index (χ0) is 11.4. The maximum absolute atomic E-state index is 11.9. The quantitative estimate of drug-likeness (QED) is 0.664. The van der Waals surface area contributed by atoms with Gasteiger partial charge in [0.25, 0.3) is 0 Å². The predicted octanol–water partition coefficient (Wildman–Crippen LogP) is 0.844. The molecule has 0 atom stereocenters. The molecular weight excluding hydrogens is 202 g/mol. The molecule has 0 N–H and O–H groups in total. The van der Waals surface area contributed by atoms with Crippen molar-refractivity contribution in [1.82, 2.24) is 9.80 Å². The molecule has 16 heavy (non-hydrogen) atoms. The molecule has 1 amide bonds. The maximum Gasteiger partial charge on any atom is 0.222 e. The van der Waals surface area contributed by atoms with Crippen LogP contribution in [0.4, 0.5) is 0 Å². The van der Waals surface area contributed by atoms with Crippen LogP contribution in [-0.4, -0.2) is 48.4 Å². The van der Waals surface area contributed by atoms with Gasteiger partial charge in [-0.2, -0.15) is 5.26 Å². The average molecular weight is 221 g/mol. The van der Waals surface area contributed by atoms with E-state index in [1.54, 1.807) is 0 Å². The van der Waals surface area contributed by atoms with E-state index in [9.17, 15) is 4.79 Å². The summed E-state index contributed by atoms with van der Waals surface area (Å²) in [6.45, 7) is 3.79. The Morgan fingerprint density at radius 3 is 2.44 bits per heavy atom. The highest BCUT2D eigenvalue weighted by Crippen LogP contribution is 2.29. The predicted molar refractivity (Wildman–Crippen MR) is 60.6 cm³/mol. The highest BCUT2D eigenvalue weighted by molar-refractivity contribution is 5.76. The van der Waals surface area contributed by atoms with Gasteiger partial charge in [-0.1, -0.05) is 6.42 Å². The van der Waals surface area contributed by atoms with Crippen LogP contribution in [0, 0.1) is 17.2 Å². The molecule has 1 aliphatic carbocycles. The lowest BCUT2D eigenvalue weighted by molar-refractivity contribution is -0.134. The second-order valence-electron chi connectivity index (χ2n) is 4.82. The fourth-order valence-electron chi connectivity index (χ4n) is 2.33. The lowest BCUT2D eigenvalue weighted by Crippen LogP contribution is -2.49. The summed E-state index contributed by atoms with van der Waals surface area (Å²) in [5.74, 6) is 0.978. The van der Waals surface area contributed by atoms with Crippen LogP contribution in [-0.2, 0) is 4.79 Å². The summed E-state index contributed by atoms with van der Waals surface area (Å²) in [4.78, 5) is 16.0. The van der Waals surface area contributed by atoms with Crippen molar-refractivity contribution < 1.29 is 4.79 Å². The van der Waals surface area contributed by atoms with Crippen LogP contribution < -0.4 is 0 Å². The van der Waals surface area contributed by atoms with Crippen LogP contribution >= 0.6 is 0 Å². The van der Waals surface area contributed by atoms with Gasteiger partial charge >= 0.3 is 0 Å². The third-order valence-electron chi connectivity index (χ3n) is 3.71. The molecule has 88 valence electrons. The van der Waals surface area contributed by atoms with Gasteiger partial charge in [0.05, 0.1) is 12.6 Å². The number of hydrogen-bond donors (Lipinski definition) is 0. The van der Waals surface area contributed by atoms with Gasteiger partial charge in [0, 0.05) is 32.6 Å². The molecule has 1 heterocycles. The van der Waals surface area contributed by atoms with Gasteiger partial charge in [-0.3, -0.25) is 9.69 Å². The van der Waals surface area contributed by atoms with E-state index < -0.39 is 0 Å². The van der Waals surface area contributed by atoms with Crippen molar-refractivity contribution >= 4 is 5.91 Å². The largest absolute Gasteiger partial charge is 0.340 e. The molecule has 1 saturated carbocycles. The first kappa shape index (κ1) is 11.4. The number of piperazine rings is 1. The summed E-state index contributed by atoms with van der Waals surface area (Å²) in [6, 6.07) is 2.15. The van der Waals surface area contributed by atoms with Crippen LogP contribution in [0.15, 0.2) is 0 Å². The molecule has 0 aromatic carbocycles. The Kier molecular flexibility index (Phi) is 3.79. The third kappa shape index (κ3) is 2.73. The Morgan fingerprint density at radius 1 is 1.25 bits per heavy atom. The number of amides is 1. The minimum absolute atomic E-state index is 0.321. The van der Waals surface area contributed by atoms with E-state index in [0.717, 1.165) is 32.6 Å². The van der Waals surface area contributed by atoms with Crippen LogP contribution in [0.25, 0.3) is 0 Å². The van der Waals surface area contributed by atoms with E-state index >= 15 is 0 Å². The summed E-state index contributed by atoms with van der Waals surface area (Å²) in [5, 5.41) is 8.58. The standard InChI is InChI=1S/C12H19N3O/c13-4-5-14-6-8-15(9-7-14)12(16)10-11-2-1-3-11/h11H,1-3,5-10H2. The molecule has 4 heteroatoms. The minimum Gasteiger partial charge on any atom is -0.340 e. The van der Waals surface area contributed by atoms with E-state index in [4.69, 9.17) is 5.26 Å². The Morgan fingerprint density at radius 2 is 1.94 bits per heavy atom. The van der Waals surface area contributed by atoms with Gasteiger partial charge in [0.1, 0.15) is 0 Å². The first-order valence-corrected chi connectivity index (χ1v) is 6.16. The zero-order valence-corrected chi connectivity index (χ0v) is 9.69. The number of rotatable bonds is 3. The summed E-state index contributed by atoms with van der Waals surface area (Å²) in [6.07, 6.45) is 4.52. The van der Waals surface area contributed by atoms with Crippen LogP contribution in [0.2, 0.25) is 0 Å². The molecule has 0 radical (unpaired) electrons. The molecule has 0 bridgehead atoms. The second-order valence-corrected chi connectivity index (χ2v) is 4.82. The lowest BCUT2D eigenvalue weighted by Gasteiger charge is -2.35. The van der Waals surface area contributed by atoms with Gasteiger partial charge < -0.3 is 4.90 Å². The van der Waals surface area contributed by atoms with E-state index in [0.29, 0.717) is 18.4 Å². The van der Waals surface area contributed by atoms with Crippen molar-refractivity contribution in [2.24, 2.45) is 5.92 Å². The molecule has 2 rings (SSSR count). The van der Waals surface area contributed by atoms with E-state index in [1.165, 1.54) is 19.3 Å². The first-order valence-electron chi connectivity index (χ1n) is 6.16. The SMILES string of the molecule is N#CCN1CCN(C(=O)CC2CCC2)CC1. The maximum atomic E-state index is 11.9. The van der Waals surface area contributed by atoms with Gasteiger partial charge in [0.15, 0.2) is 0 Å². The summed E-state index contributed by atoms with van der Waals surface area (Å²) < 4.78 is 0. The van der Waals surface area contributed by atoms with Crippen molar-refractivity contribution in [3.05, 3.63) is 0 Å². The molecule has 0 unspecified atom stereocenters. The normalized spacial score (nSPS) is 22.6. The molecule has 0 aromatic rings. The number of carbonyl (C=O) groups excluding carboxylic acids is 1. The van der Waals surface area contributed by atoms with E-state index in [1.807, 2.05) is 4.90 Å². The fourth-order valence-corrected chi connectivity index (χ4v) is 2.33. The third-order valence-corrected chi connectivity index (χ3v) is 3.71. The summed E-state index contributed by atoms with van der Waals surface area (Å²) >= 11 is 0. The van der Waals surface area contributed by atoms with Crippen molar-refractivity contribution in [1.29, 1.82) is 5.26 Å². The Hall–Kier alpha value is -1.08. The second kappa shape index (κ2) is 5.31. The highest BCUT2D eigenvalue weighted by Gasteiger charge is 2.25. The molecule has 0 spiro atoms. The first-order chi connectivity index (χ1) is 7.79. The number of carbonyl (C=O) groups is 1. The van der Waals surface area contributed by atoms with Crippen LogP contribution in [0.1, 0.15) is 25.7 Å². The highest BCUT2D eigenvalue weighted by atomic mass is 16.2. The van der Waals surface area contributed by atoms with Gasteiger partial charge in [0.2, 0.25) is 5.91 Å². The lowest BCUT2D eigenvalue weighted by atomic mass is 9.82. The number of nitriles is 1. The van der Waals surface area contributed by atoms with Crippen molar-refractivity contribution in [3.8, 4) is 6.07 Å². The summed E-state index contributed by atoms with van der Waals surface area (Å²) in [5.41, 5.74) is 0. The Balaban J connectivity index is 1.71. The molecule has 2 fully saturated rings. The molecule has 1 saturated heterocycles. The van der Waals surface area contributed by atoms with Crippen molar-refractivity contribution in [2.75, 3.05) is 32.7 Å². The topological polar surface area (TPSA) is 47.3 Å². The number of nitrogens with zero attached hydrogens (tertiary/aromatic N) is 3. The van der Waals surface area contributed by atoms with Gasteiger partial charge in [-0.15, -0.1) is 0 Å². The van der Waals surface area contributed by atoms with E-state index in [-0.39, 0.29) is 0 Å².